The Morgan fingerprint density at radius 3 is 2.67 bits per heavy atom. The topological polar surface area (TPSA) is 46.5 Å². The van der Waals surface area contributed by atoms with Crippen molar-refractivity contribution in [2.45, 2.75) is 6.92 Å². The van der Waals surface area contributed by atoms with Crippen LogP contribution in [-0.2, 0) is 4.79 Å². The van der Waals surface area contributed by atoms with Gasteiger partial charge in [-0.25, -0.2) is 9.18 Å². The Kier molecular flexibility index (Phi) is 4.75. The summed E-state index contributed by atoms with van der Waals surface area (Å²) in [4.78, 5) is 10.5. The van der Waals surface area contributed by atoms with Crippen LogP contribution < -0.4 is 4.74 Å². The molecule has 0 saturated heterocycles. The highest BCUT2D eigenvalue weighted by atomic mass is 79.9. The van der Waals surface area contributed by atoms with Gasteiger partial charge < -0.3 is 9.84 Å². The minimum Gasteiger partial charge on any atom is -0.478 e. The van der Waals surface area contributed by atoms with Gasteiger partial charge in [0.05, 0.1) is 4.47 Å². The van der Waals surface area contributed by atoms with E-state index in [2.05, 4.69) is 15.9 Å². The minimum atomic E-state index is -1.00. The average molecular weight is 351 g/mol. The van der Waals surface area contributed by atoms with E-state index in [0.29, 0.717) is 16.0 Å². The van der Waals surface area contributed by atoms with Gasteiger partial charge >= 0.3 is 5.97 Å². The van der Waals surface area contributed by atoms with Gasteiger partial charge in [-0.2, -0.15) is 0 Å². The quantitative estimate of drug-likeness (QED) is 0.806. The van der Waals surface area contributed by atoms with Crippen molar-refractivity contribution >= 4 is 28.0 Å². The van der Waals surface area contributed by atoms with E-state index in [1.54, 1.807) is 24.3 Å². The summed E-state index contributed by atoms with van der Waals surface area (Å²) in [5.41, 5.74) is 1.57. The minimum absolute atomic E-state index is 0.381. The second-order valence-electron chi connectivity index (χ2n) is 4.37. The van der Waals surface area contributed by atoms with Crippen molar-refractivity contribution in [1.29, 1.82) is 0 Å². The highest BCUT2D eigenvalue weighted by Crippen LogP contribution is 2.32. The number of carboxylic acids is 1. The molecule has 1 N–H and O–H groups in total. The van der Waals surface area contributed by atoms with Crippen LogP contribution in [0.25, 0.3) is 6.08 Å². The van der Waals surface area contributed by atoms with Crippen LogP contribution in [0, 0.1) is 12.7 Å². The molecule has 0 aliphatic rings. The first kappa shape index (κ1) is 15.3. The Labute approximate surface area is 129 Å². The van der Waals surface area contributed by atoms with Gasteiger partial charge in [-0.3, -0.25) is 0 Å². The number of carbonyl (C=O) groups is 1. The lowest BCUT2D eigenvalue weighted by molar-refractivity contribution is -0.131. The zero-order valence-electron chi connectivity index (χ0n) is 11.1. The van der Waals surface area contributed by atoms with Crippen LogP contribution in [0.5, 0.6) is 11.5 Å². The number of aryl methyl sites for hydroxylation is 1. The predicted octanol–water partition coefficient (Wildman–Crippen LogP) is 4.79. The molecule has 0 bridgehead atoms. The summed E-state index contributed by atoms with van der Waals surface area (Å²) >= 11 is 3.30. The SMILES string of the molecule is Cc1cc(/C=C/C(=O)O)ccc1Oc1cc(F)ccc1Br. The molecule has 0 aliphatic heterocycles. The largest absolute Gasteiger partial charge is 0.478 e. The van der Waals surface area contributed by atoms with Crippen LogP contribution in [0.2, 0.25) is 0 Å². The van der Waals surface area contributed by atoms with Gasteiger partial charge in [0.2, 0.25) is 0 Å². The first-order chi connectivity index (χ1) is 9.95. The van der Waals surface area contributed by atoms with E-state index in [-0.39, 0.29) is 5.82 Å². The van der Waals surface area contributed by atoms with E-state index in [9.17, 15) is 9.18 Å². The van der Waals surface area contributed by atoms with Crippen molar-refractivity contribution in [1.82, 2.24) is 0 Å². The molecule has 3 nitrogen and oxygen atoms in total. The van der Waals surface area contributed by atoms with Crippen LogP contribution in [-0.4, -0.2) is 11.1 Å². The molecular formula is C16H12BrFO3. The van der Waals surface area contributed by atoms with Gasteiger partial charge in [-0.05, 0) is 64.3 Å². The Morgan fingerprint density at radius 1 is 1.24 bits per heavy atom. The zero-order chi connectivity index (χ0) is 15.4. The maximum absolute atomic E-state index is 13.2. The molecular weight excluding hydrogens is 339 g/mol. The highest BCUT2D eigenvalue weighted by molar-refractivity contribution is 9.10. The van der Waals surface area contributed by atoms with Crippen LogP contribution >= 0.6 is 15.9 Å². The Balaban J connectivity index is 2.25. The summed E-state index contributed by atoms with van der Waals surface area (Å²) in [6.45, 7) is 1.83. The summed E-state index contributed by atoms with van der Waals surface area (Å²) in [5, 5.41) is 8.60. The molecule has 0 aliphatic carbocycles. The van der Waals surface area contributed by atoms with Crippen molar-refractivity contribution in [3.05, 3.63) is 63.9 Å². The fourth-order valence-electron chi connectivity index (χ4n) is 1.73. The summed E-state index contributed by atoms with van der Waals surface area (Å²) in [7, 11) is 0. The van der Waals surface area contributed by atoms with E-state index in [1.165, 1.54) is 18.2 Å². The third-order valence-electron chi connectivity index (χ3n) is 2.73. The molecule has 0 aromatic heterocycles. The van der Waals surface area contributed by atoms with E-state index in [4.69, 9.17) is 9.84 Å². The molecule has 0 fully saturated rings. The monoisotopic (exact) mass is 350 g/mol. The highest BCUT2D eigenvalue weighted by Gasteiger charge is 2.07. The predicted molar refractivity (Wildman–Crippen MR) is 82.0 cm³/mol. The number of aliphatic carboxylic acids is 1. The lowest BCUT2D eigenvalue weighted by Gasteiger charge is -2.11. The summed E-state index contributed by atoms with van der Waals surface area (Å²) < 4.78 is 19.6. The molecule has 2 aromatic carbocycles. The molecule has 21 heavy (non-hydrogen) atoms. The number of hydrogen-bond donors (Lipinski definition) is 1. The molecule has 0 radical (unpaired) electrons. The average Bonchev–Trinajstić information content (AvgIpc) is 2.43. The number of ether oxygens (including phenoxy) is 1. The van der Waals surface area contributed by atoms with Gasteiger partial charge in [0.25, 0.3) is 0 Å². The molecule has 0 atom stereocenters. The maximum atomic E-state index is 13.2. The summed E-state index contributed by atoms with van der Waals surface area (Å²) in [6, 6.07) is 9.44. The summed E-state index contributed by atoms with van der Waals surface area (Å²) in [5.74, 6) is -0.427. The standard InChI is InChI=1S/C16H12BrFO3/c1-10-8-11(3-7-16(19)20)2-6-14(10)21-15-9-12(18)4-5-13(15)17/h2-9H,1H3,(H,19,20)/b7-3+. The summed E-state index contributed by atoms with van der Waals surface area (Å²) in [6.07, 6.45) is 2.57. The van der Waals surface area contributed by atoms with E-state index in [1.807, 2.05) is 6.92 Å². The van der Waals surface area contributed by atoms with Gasteiger partial charge in [0, 0.05) is 12.1 Å². The number of benzene rings is 2. The van der Waals surface area contributed by atoms with Crippen LogP contribution in [0.1, 0.15) is 11.1 Å². The van der Waals surface area contributed by atoms with Gasteiger partial charge in [0.1, 0.15) is 17.3 Å². The van der Waals surface area contributed by atoms with Crippen molar-refractivity contribution in [3.8, 4) is 11.5 Å². The molecule has 0 amide bonds. The van der Waals surface area contributed by atoms with Gasteiger partial charge in [0.15, 0.2) is 0 Å². The molecule has 5 heteroatoms. The van der Waals surface area contributed by atoms with Gasteiger partial charge in [-0.1, -0.05) is 6.07 Å². The second kappa shape index (κ2) is 6.54. The molecule has 0 unspecified atom stereocenters. The van der Waals surface area contributed by atoms with Crippen LogP contribution in [0.4, 0.5) is 4.39 Å². The Morgan fingerprint density at radius 2 is 2.00 bits per heavy atom. The lowest BCUT2D eigenvalue weighted by atomic mass is 10.1. The second-order valence-corrected chi connectivity index (χ2v) is 5.23. The number of rotatable bonds is 4. The lowest BCUT2D eigenvalue weighted by Crippen LogP contribution is -1.91. The number of halogens is 2. The van der Waals surface area contributed by atoms with Crippen LogP contribution in [0.3, 0.4) is 0 Å². The number of carboxylic acid groups (broad SMARTS) is 1. The fraction of sp³-hybridized carbons (Fsp3) is 0.0625. The first-order valence-corrected chi connectivity index (χ1v) is 6.89. The molecule has 0 heterocycles. The van der Waals surface area contributed by atoms with E-state index >= 15 is 0 Å². The Bertz CT molecular complexity index is 711. The van der Waals surface area contributed by atoms with Crippen LogP contribution in [0.15, 0.2) is 46.9 Å². The normalized spacial score (nSPS) is 10.8. The van der Waals surface area contributed by atoms with Crippen molar-refractivity contribution in [2.75, 3.05) is 0 Å². The molecule has 2 rings (SSSR count). The van der Waals surface area contributed by atoms with Crippen molar-refractivity contribution in [3.63, 3.8) is 0 Å². The van der Waals surface area contributed by atoms with Crippen molar-refractivity contribution < 1.29 is 19.0 Å². The smallest absolute Gasteiger partial charge is 0.328 e. The van der Waals surface area contributed by atoms with Gasteiger partial charge in [-0.15, -0.1) is 0 Å². The maximum Gasteiger partial charge on any atom is 0.328 e. The molecule has 108 valence electrons. The number of hydrogen-bond acceptors (Lipinski definition) is 2. The molecule has 0 saturated carbocycles. The zero-order valence-corrected chi connectivity index (χ0v) is 12.7. The third kappa shape index (κ3) is 4.16. The molecule has 0 spiro atoms. The first-order valence-electron chi connectivity index (χ1n) is 6.10. The fourth-order valence-corrected chi connectivity index (χ4v) is 2.06. The van der Waals surface area contributed by atoms with E-state index < -0.39 is 5.97 Å². The van der Waals surface area contributed by atoms with Crippen molar-refractivity contribution in [2.24, 2.45) is 0 Å². The molecule has 2 aromatic rings. The third-order valence-corrected chi connectivity index (χ3v) is 3.39. The van der Waals surface area contributed by atoms with E-state index in [0.717, 1.165) is 17.2 Å². The Hall–Kier alpha value is -2.14.